The number of hydrogen-bond donors (Lipinski definition) is 0. The van der Waals surface area contributed by atoms with Crippen molar-refractivity contribution in [2.24, 2.45) is 0 Å². The molecule has 5 nitrogen and oxygen atoms in total. The van der Waals surface area contributed by atoms with Crippen LogP contribution in [0.25, 0.3) is 5.57 Å². The van der Waals surface area contributed by atoms with Crippen LogP contribution in [0.1, 0.15) is 45.1 Å². The zero-order valence-electron chi connectivity index (χ0n) is 14.8. The maximum absolute atomic E-state index is 13.2. The zero-order chi connectivity index (χ0) is 18.9. The molecule has 2 heterocycles. The first kappa shape index (κ1) is 19.1. The van der Waals surface area contributed by atoms with E-state index in [4.69, 9.17) is 32.7 Å². The van der Waals surface area contributed by atoms with E-state index in [0.29, 0.717) is 39.9 Å². The molecule has 1 amide bonds. The summed E-state index contributed by atoms with van der Waals surface area (Å²) in [7, 11) is 0. The summed E-state index contributed by atoms with van der Waals surface area (Å²) in [5, 5.41) is 0.817. The first-order valence-corrected chi connectivity index (χ1v) is 9.57. The number of ether oxygens (including phenoxy) is 2. The molecular formula is C19H21Cl2NO4. The molecule has 3 rings (SSSR count). The third-order valence-electron chi connectivity index (χ3n) is 5.08. The lowest BCUT2D eigenvalue weighted by atomic mass is 9.83. The summed E-state index contributed by atoms with van der Waals surface area (Å²) >= 11 is 12.4. The second-order valence-electron chi connectivity index (χ2n) is 6.41. The van der Waals surface area contributed by atoms with Crippen molar-refractivity contribution >= 4 is 40.8 Å². The Hall–Kier alpha value is -1.72. The highest BCUT2D eigenvalue weighted by atomic mass is 35.5. The molecule has 0 radical (unpaired) electrons. The third-order valence-corrected chi connectivity index (χ3v) is 5.63. The van der Waals surface area contributed by atoms with Crippen molar-refractivity contribution in [3.63, 3.8) is 0 Å². The molecule has 0 saturated carbocycles. The molecule has 1 fully saturated rings. The Kier molecular flexibility index (Phi) is 5.49. The number of halogens is 2. The Morgan fingerprint density at radius 2 is 2.04 bits per heavy atom. The lowest BCUT2D eigenvalue weighted by Gasteiger charge is -2.42. The number of hydrogen-bond acceptors (Lipinski definition) is 4. The molecule has 0 N–H and O–H groups in total. The molecule has 26 heavy (non-hydrogen) atoms. The number of nitrogens with zero attached hydrogens (tertiary/aromatic N) is 1. The highest BCUT2D eigenvalue weighted by Gasteiger charge is 2.54. The molecule has 0 spiro atoms. The smallest absolute Gasteiger partial charge is 0.434 e. The van der Waals surface area contributed by atoms with Gasteiger partial charge in [0.1, 0.15) is 5.54 Å². The van der Waals surface area contributed by atoms with Gasteiger partial charge >= 0.3 is 6.16 Å². The van der Waals surface area contributed by atoms with Gasteiger partial charge in [0.25, 0.3) is 5.91 Å². The van der Waals surface area contributed by atoms with Gasteiger partial charge in [-0.1, -0.05) is 36.2 Å². The standard InChI is InChI=1S/C19H21Cl2NO4/c1-3-19-9-5-6-10-22(19)17(23)15(16(19)26-18(24)25-4-2)13-8-7-12(20)11-14(13)21/h7-8,11H,3-6,9-10H2,1-2H3. The normalized spacial score (nSPS) is 22.5. The molecule has 0 aromatic heterocycles. The summed E-state index contributed by atoms with van der Waals surface area (Å²) in [6, 6.07) is 4.94. The van der Waals surface area contributed by atoms with E-state index in [9.17, 15) is 9.59 Å². The molecule has 0 bridgehead atoms. The number of amides is 1. The molecule has 2 aliphatic rings. The first-order chi connectivity index (χ1) is 12.4. The summed E-state index contributed by atoms with van der Waals surface area (Å²) in [5.41, 5.74) is 0.200. The number of benzene rings is 1. The van der Waals surface area contributed by atoms with Crippen LogP contribution in [0.15, 0.2) is 24.0 Å². The van der Waals surface area contributed by atoms with Crippen molar-refractivity contribution in [3.8, 4) is 0 Å². The largest absolute Gasteiger partial charge is 0.513 e. The number of rotatable bonds is 4. The predicted molar refractivity (Wildman–Crippen MR) is 100 cm³/mol. The van der Waals surface area contributed by atoms with E-state index >= 15 is 0 Å². The topological polar surface area (TPSA) is 55.8 Å². The van der Waals surface area contributed by atoms with Crippen molar-refractivity contribution in [2.75, 3.05) is 13.2 Å². The minimum absolute atomic E-state index is 0.171. The molecule has 0 aliphatic carbocycles. The molecule has 7 heteroatoms. The minimum Gasteiger partial charge on any atom is -0.434 e. The van der Waals surface area contributed by atoms with E-state index in [-0.39, 0.29) is 12.5 Å². The summed E-state index contributed by atoms with van der Waals surface area (Å²) in [6.07, 6.45) is 2.44. The molecule has 1 aromatic carbocycles. The van der Waals surface area contributed by atoms with Crippen LogP contribution < -0.4 is 0 Å². The number of fused-ring (bicyclic) bond motifs is 1. The SMILES string of the molecule is CCOC(=O)OC1=C(c2ccc(Cl)cc2Cl)C(=O)N2CCCCC12CC. The van der Waals surface area contributed by atoms with Gasteiger partial charge in [0, 0.05) is 17.1 Å². The van der Waals surface area contributed by atoms with Crippen LogP contribution in [-0.2, 0) is 14.3 Å². The predicted octanol–water partition coefficient (Wildman–Crippen LogP) is 5.05. The Bertz CT molecular complexity index is 777. The fourth-order valence-corrected chi connectivity index (χ4v) is 4.37. The van der Waals surface area contributed by atoms with E-state index in [0.717, 1.165) is 19.3 Å². The van der Waals surface area contributed by atoms with Crippen molar-refractivity contribution in [1.29, 1.82) is 0 Å². The van der Waals surface area contributed by atoms with Gasteiger partial charge < -0.3 is 14.4 Å². The van der Waals surface area contributed by atoms with Crippen LogP contribution >= 0.6 is 23.2 Å². The van der Waals surface area contributed by atoms with E-state index in [1.165, 1.54) is 0 Å². The lowest BCUT2D eigenvalue weighted by Crippen LogP contribution is -2.51. The van der Waals surface area contributed by atoms with Crippen LogP contribution in [0.3, 0.4) is 0 Å². The van der Waals surface area contributed by atoms with Crippen molar-refractivity contribution in [1.82, 2.24) is 4.90 Å². The minimum atomic E-state index is -0.807. The fourth-order valence-electron chi connectivity index (χ4n) is 3.87. The van der Waals surface area contributed by atoms with Gasteiger partial charge in [-0.15, -0.1) is 0 Å². The first-order valence-electron chi connectivity index (χ1n) is 8.81. The van der Waals surface area contributed by atoms with E-state index in [1.54, 1.807) is 25.1 Å². The highest BCUT2D eigenvalue weighted by molar-refractivity contribution is 6.38. The van der Waals surface area contributed by atoms with Crippen LogP contribution in [0.4, 0.5) is 4.79 Å². The molecular weight excluding hydrogens is 377 g/mol. The van der Waals surface area contributed by atoms with Gasteiger partial charge in [-0.25, -0.2) is 4.79 Å². The Balaban J connectivity index is 2.18. The van der Waals surface area contributed by atoms with Crippen LogP contribution in [-0.4, -0.2) is 35.7 Å². The molecule has 140 valence electrons. The third kappa shape index (κ3) is 3.08. The Morgan fingerprint density at radius 3 is 2.69 bits per heavy atom. The van der Waals surface area contributed by atoms with E-state index in [1.807, 2.05) is 11.8 Å². The Morgan fingerprint density at radius 1 is 1.27 bits per heavy atom. The average molecular weight is 398 g/mol. The average Bonchev–Trinajstić information content (AvgIpc) is 2.85. The second-order valence-corrected chi connectivity index (χ2v) is 7.26. The van der Waals surface area contributed by atoms with Gasteiger partial charge in [-0.3, -0.25) is 4.79 Å². The molecule has 2 aliphatic heterocycles. The zero-order valence-corrected chi connectivity index (χ0v) is 16.3. The molecule has 1 atom stereocenters. The Labute approximate surface area is 162 Å². The summed E-state index contributed by atoms with van der Waals surface area (Å²) in [4.78, 5) is 27.1. The van der Waals surface area contributed by atoms with Crippen molar-refractivity contribution in [3.05, 3.63) is 39.6 Å². The van der Waals surface area contributed by atoms with Crippen LogP contribution in [0, 0.1) is 0 Å². The summed E-state index contributed by atoms with van der Waals surface area (Å²) < 4.78 is 10.6. The number of carbonyl (C=O) groups is 2. The number of piperidine rings is 1. The van der Waals surface area contributed by atoms with Gasteiger partial charge in [-0.05, 0) is 44.7 Å². The van der Waals surface area contributed by atoms with Crippen molar-refractivity contribution in [2.45, 2.75) is 45.1 Å². The van der Waals surface area contributed by atoms with Gasteiger partial charge in [0.05, 0.1) is 17.2 Å². The van der Waals surface area contributed by atoms with Gasteiger partial charge in [0.2, 0.25) is 0 Å². The quantitative estimate of drug-likeness (QED) is 0.666. The van der Waals surface area contributed by atoms with E-state index in [2.05, 4.69) is 0 Å². The maximum atomic E-state index is 13.2. The monoisotopic (exact) mass is 397 g/mol. The van der Waals surface area contributed by atoms with Crippen LogP contribution in [0.2, 0.25) is 10.0 Å². The molecule has 1 saturated heterocycles. The van der Waals surface area contributed by atoms with Gasteiger partial charge in [0.15, 0.2) is 5.76 Å². The lowest BCUT2D eigenvalue weighted by molar-refractivity contribution is -0.130. The fraction of sp³-hybridized carbons (Fsp3) is 0.474. The van der Waals surface area contributed by atoms with Crippen LogP contribution in [0.5, 0.6) is 0 Å². The summed E-state index contributed by atoms with van der Waals surface area (Å²) in [6.45, 7) is 4.51. The highest BCUT2D eigenvalue weighted by Crippen LogP contribution is 2.49. The van der Waals surface area contributed by atoms with E-state index < -0.39 is 11.7 Å². The molecule has 1 unspecified atom stereocenters. The number of carbonyl (C=O) groups excluding carboxylic acids is 2. The maximum Gasteiger partial charge on any atom is 0.513 e. The molecule has 1 aromatic rings. The van der Waals surface area contributed by atoms with Crippen molar-refractivity contribution < 1.29 is 19.1 Å². The van der Waals surface area contributed by atoms with Gasteiger partial charge in [-0.2, -0.15) is 0 Å². The summed E-state index contributed by atoms with van der Waals surface area (Å²) in [5.74, 6) is 0.169. The second kappa shape index (κ2) is 7.49.